The first-order chi connectivity index (χ1) is 15.5. The SMILES string of the molecule is Cc1cccc([C@@H](CC(=O)C[C@@H](c2cccc(C)c2C)C2CCCC2)C2CCCC2)c1C. The van der Waals surface area contributed by atoms with Crippen LogP contribution < -0.4 is 0 Å². The number of hydrogen-bond acceptors (Lipinski definition) is 1. The van der Waals surface area contributed by atoms with E-state index in [0.29, 0.717) is 29.5 Å². The molecule has 172 valence electrons. The van der Waals surface area contributed by atoms with E-state index in [1.807, 2.05) is 0 Å². The van der Waals surface area contributed by atoms with Crippen molar-refractivity contribution >= 4 is 5.78 Å². The Morgan fingerprint density at radius 3 is 1.44 bits per heavy atom. The van der Waals surface area contributed by atoms with Crippen molar-refractivity contribution in [2.75, 3.05) is 0 Å². The van der Waals surface area contributed by atoms with Crippen LogP contribution in [0.25, 0.3) is 0 Å². The molecule has 2 aromatic carbocycles. The molecule has 32 heavy (non-hydrogen) atoms. The molecule has 0 N–H and O–H groups in total. The molecule has 2 aliphatic rings. The molecule has 0 aromatic heterocycles. The monoisotopic (exact) mass is 430 g/mol. The molecule has 0 radical (unpaired) electrons. The Kier molecular flexibility index (Phi) is 7.54. The fraction of sp³-hybridized carbons (Fsp3) is 0.581. The van der Waals surface area contributed by atoms with Crippen molar-refractivity contribution in [1.29, 1.82) is 0 Å². The van der Waals surface area contributed by atoms with Crippen molar-refractivity contribution in [3.63, 3.8) is 0 Å². The zero-order valence-corrected chi connectivity index (χ0v) is 20.8. The van der Waals surface area contributed by atoms with Crippen LogP contribution in [-0.4, -0.2) is 5.78 Å². The van der Waals surface area contributed by atoms with Gasteiger partial charge < -0.3 is 0 Å². The first-order valence-corrected chi connectivity index (χ1v) is 13.1. The van der Waals surface area contributed by atoms with Crippen LogP contribution in [0, 0.1) is 39.5 Å². The molecule has 2 saturated carbocycles. The maximum absolute atomic E-state index is 13.7. The van der Waals surface area contributed by atoms with Crippen LogP contribution in [0.1, 0.15) is 109 Å². The zero-order chi connectivity index (χ0) is 22.7. The largest absolute Gasteiger partial charge is 0.300 e. The molecule has 2 aliphatic carbocycles. The summed E-state index contributed by atoms with van der Waals surface area (Å²) in [6.07, 6.45) is 11.9. The van der Waals surface area contributed by atoms with Gasteiger partial charge in [-0.2, -0.15) is 0 Å². The van der Waals surface area contributed by atoms with Crippen LogP contribution >= 0.6 is 0 Å². The van der Waals surface area contributed by atoms with Crippen molar-refractivity contribution in [3.05, 3.63) is 69.8 Å². The van der Waals surface area contributed by atoms with Gasteiger partial charge in [-0.1, -0.05) is 62.1 Å². The third-order valence-corrected chi connectivity index (χ3v) is 8.92. The molecule has 0 heterocycles. The van der Waals surface area contributed by atoms with Gasteiger partial charge in [-0.25, -0.2) is 0 Å². The molecule has 2 aromatic rings. The molecule has 0 spiro atoms. The van der Waals surface area contributed by atoms with Gasteiger partial charge in [0.15, 0.2) is 0 Å². The molecule has 2 atom stereocenters. The highest BCUT2D eigenvalue weighted by Gasteiger charge is 2.33. The first-order valence-electron chi connectivity index (χ1n) is 13.1. The Hall–Kier alpha value is -1.89. The van der Waals surface area contributed by atoms with Crippen LogP contribution in [0.2, 0.25) is 0 Å². The van der Waals surface area contributed by atoms with E-state index in [2.05, 4.69) is 64.1 Å². The number of ketones is 1. The van der Waals surface area contributed by atoms with E-state index in [1.165, 1.54) is 84.7 Å². The van der Waals surface area contributed by atoms with Crippen molar-refractivity contribution in [2.45, 2.75) is 104 Å². The van der Waals surface area contributed by atoms with E-state index < -0.39 is 0 Å². The molecule has 1 heteroatoms. The average molecular weight is 431 g/mol. The first kappa shape index (κ1) is 23.3. The molecule has 2 fully saturated rings. The lowest BCUT2D eigenvalue weighted by atomic mass is 9.75. The predicted molar refractivity (Wildman–Crippen MR) is 135 cm³/mol. The van der Waals surface area contributed by atoms with Crippen LogP contribution in [-0.2, 0) is 4.79 Å². The topological polar surface area (TPSA) is 17.1 Å². The van der Waals surface area contributed by atoms with Crippen LogP contribution in [0.5, 0.6) is 0 Å². The summed E-state index contributed by atoms with van der Waals surface area (Å²) >= 11 is 0. The minimum atomic E-state index is 0.396. The Labute approximate surface area is 196 Å². The number of aryl methyl sites for hydroxylation is 2. The van der Waals surface area contributed by atoms with Crippen LogP contribution in [0.15, 0.2) is 36.4 Å². The summed E-state index contributed by atoms with van der Waals surface area (Å²) in [5.74, 6) is 2.62. The van der Waals surface area contributed by atoms with E-state index in [0.717, 1.165) is 12.8 Å². The maximum Gasteiger partial charge on any atom is 0.134 e. The number of hydrogen-bond donors (Lipinski definition) is 0. The molecule has 0 aliphatic heterocycles. The highest BCUT2D eigenvalue weighted by atomic mass is 16.1. The minimum absolute atomic E-state index is 0.396. The summed E-state index contributed by atoms with van der Waals surface area (Å²) in [4.78, 5) is 13.7. The summed E-state index contributed by atoms with van der Waals surface area (Å²) in [5.41, 5.74) is 8.40. The summed E-state index contributed by atoms with van der Waals surface area (Å²) < 4.78 is 0. The Morgan fingerprint density at radius 1 is 0.688 bits per heavy atom. The number of Topliss-reactive ketones (excluding diaryl/α,β-unsaturated/α-hetero) is 1. The van der Waals surface area contributed by atoms with Crippen molar-refractivity contribution in [2.24, 2.45) is 11.8 Å². The number of rotatable bonds is 8. The van der Waals surface area contributed by atoms with Gasteiger partial charge in [0.2, 0.25) is 0 Å². The predicted octanol–water partition coefficient (Wildman–Crippen LogP) is 8.52. The van der Waals surface area contributed by atoms with Gasteiger partial charge in [0.1, 0.15) is 5.78 Å². The fourth-order valence-corrected chi connectivity index (χ4v) is 6.71. The Balaban J connectivity index is 1.59. The van der Waals surface area contributed by atoms with Gasteiger partial charge in [0.05, 0.1) is 0 Å². The second-order valence-corrected chi connectivity index (χ2v) is 10.8. The average Bonchev–Trinajstić information content (AvgIpc) is 3.49. The summed E-state index contributed by atoms with van der Waals surface area (Å²) in [6, 6.07) is 13.4. The van der Waals surface area contributed by atoms with E-state index in [9.17, 15) is 4.79 Å². The number of benzene rings is 2. The highest BCUT2D eigenvalue weighted by Crippen LogP contribution is 2.44. The lowest BCUT2D eigenvalue weighted by Gasteiger charge is -2.29. The lowest BCUT2D eigenvalue weighted by molar-refractivity contribution is -0.120. The van der Waals surface area contributed by atoms with Gasteiger partial charge in [-0.3, -0.25) is 4.79 Å². The highest BCUT2D eigenvalue weighted by molar-refractivity contribution is 5.80. The van der Waals surface area contributed by atoms with Gasteiger partial charge in [0.25, 0.3) is 0 Å². The summed E-state index contributed by atoms with van der Waals surface area (Å²) in [7, 11) is 0. The van der Waals surface area contributed by atoms with Gasteiger partial charge in [0, 0.05) is 12.8 Å². The van der Waals surface area contributed by atoms with Crippen LogP contribution in [0.4, 0.5) is 0 Å². The maximum atomic E-state index is 13.7. The summed E-state index contributed by atoms with van der Waals surface area (Å²) in [6.45, 7) is 8.94. The Bertz CT molecular complexity index is 852. The molecule has 1 nitrogen and oxygen atoms in total. The lowest BCUT2D eigenvalue weighted by Crippen LogP contribution is -2.20. The van der Waals surface area contributed by atoms with Crippen LogP contribution in [0.3, 0.4) is 0 Å². The minimum Gasteiger partial charge on any atom is -0.300 e. The standard InChI is InChI=1S/C31H42O/c1-21-11-9-17-28(23(21)3)30(25-13-5-6-14-25)19-27(32)20-31(26-15-7-8-16-26)29-18-10-12-22(2)24(29)4/h9-12,17-18,25-26,30-31H,5-8,13-16,19-20H2,1-4H3/t30-,31+. The quantitative estimate of drug-likeness (QED) is 0.410. The van der Waals surface area contributed by atoms with Crippen molar-refractivity contribution < 1.29 is 4.79 Å². The summed E-state index contributed by atoms with van der Waals surface area (Å²) in [5, 5.41) is 0. The molecule has 0 amide bonds. The second-order valence-electron chi connectivity index (χ2n) is 10.8. The van der Waals surface area contributed by atoms with E-state index >= 15 is 0 Å². The third-order valence-electron chi connectivity index (χ3n) is 8.92. The van der Waals surface area contributed by atoms with E-state index in [4.69, 9.17) is 0 Å². The van der Waals surface area contributed by atoms with E-state index in [1.54, 1.807) is 0 Å². The fourth-order valence-electron chi connectivity index (χ4n) is 6.71. The van der Waals surface area contributed by atoms with Crippen molar-refractivity contribution in [3.8, 4) is 0 Å². The second kappa shape index (κ2) is 10.4. The smallest absolute Gasteiger partial charge is 0.134 e. The number of carbonyl (C=O) groups excluding carboxylic acids is 1. The van der Waals surface area contributed by atoms with Crippen molar-refractivity contribution in [1.82, 2.24) is 0 Å². The third kappa shape index (κ3) is 5.03. The molecular formula is C31H42O. The Morgan fingerprint density at radius 2 is 1.06 bits per heavy atom. The molecule has 0 saturated heterocycles. The normalized spacial score (nSPS) is 19.4. The van der Waals surface area contributed by atoms with Gasteiger partial charge in [-0.05, 0) is 110 Å². The molecule has 0 bridgehead atoms. The zero-order valence-electron chi connectivity index (χ0n) is 20.8. The van der Waals surface area contributed by atoms with E-state index in [-0.39, 0.29) is 0 Å². The molecule has 0 unspecified atom stereocenters. The number of carbonyl (C=O) groups is 1. The van der Waals surface area contributed by atoms with Gasteiger partial charge >= 0.3 is 0 Å². The molecular weight excluding hydrogens is 388 g/mol. The molecule has 4 rings (SSSR count). The van der Waals surface area contributed by atoms with Gasteiger partial charge in [-0.15, -0.1) is 0 Å².